The smallest absolute Gasteiger partial charge is 0.223 e. The average molecular weight is 179 g/mol. The summed E-state index contributed by atoms with van der Waals surface area (Å²) in [6, 6.07) is 0. The molecule has 0 aliphatic carbocycles. The molecule has 2 heterocycles. The largest absolute Gasteiger partial charge is 0.336 e. The van der Waals surface area contributed by atoms with Crippen LogP contribution in [-0.4, -0.2) is 22.9 Å². The van der Waals surface area contributed by atoms with E-state index in [9.17, 15) is 4.79 Å². The second kappa shape index (κ2) is 2.86. The van der Waals surface area contributed by atoms with Gasteiger partial charge in [0.1, 0.15) is 0 Å². The van der Waals surface area contributed by atoms with E-state index >= 15 is 0 Å². The SMILES string of the molecule is C=CCC12CCC(=O)N1CCC2C. The molecule has 0 saturated carbocycles. The van der Waals surface area contributed by atoms with Crippen molar-refractivity contribution in [1.29, 1.82) is 0 Å². The summed E-state index contributed by atoms with van der Waals surface area (Å²) < 4.78 is 0. The molecule has 2 fully saturated rings. The molecule has 2 rings (SSSR count). The zero-order valence-corrected chi connectivity index (χ0v) is 8.25. The van der Waals surface area contributed by atoms with Gasteiger partial charge in [0, 0.05) is 18.5 Å². The third-order valence-corrected chi connectivity index (χ3v) is 3.81. The second-order valence-corrected chi connectivity index (χ2v) is 4.33. The highest BCUT2D eigenvalue weighted by molar-refractivity contribution is 5.80. The van der Waals surface area contributed by atoms with E-state index in [2.05, 4.69) is 18.4 Å². The van der Waals surface area contributed by atoms with E-state index in [1.165, 1.54) is 6.42 Å². The van der Waals surface area contributed by atoms with Crippen LogP contribution in [0.1, 0.15) is 32.6 Å². The predicted molar refractivity (Wildman–Crippen MR) is 52.3 cm³/mol. The van der Waals surface area contributed by atoms with E-state index in [-0.39, 0.29) is 5.54 Å². The van der Waals surface area contributed by atoms with Gasteiger partial charge in [-0.05, 0) is 25.2 Å². The van der Waals surface area contributed by atoms with Crippen LogP contribution < -0.4 is 0 Å². The minimum Gasteiger partial charge on any atom is -0.336 e. The molecule has 1 amide bonds. The average Bonchev–Trinajstić information content (AvgIpc) is 2.57. The van der Waals surface area contributed by atoms with Crippen molar-refractivity contribution in [3.05, 3.63) is 12.7 Å². The van der Waals surface area contributed by atoms with E-state index in [1.807, 2.05) is 6.08 Å². The van der Waals surface area contributed by atoms with Crippen molar-refractivity contribution >= 4 is 5.91 Å². The summed E-state index contributed by atoms with van der Waals surface area (Å²) in [4.78, 5) is 13.7. The molecule has 13 heavy (non-hydrogen) atoms. The van der Waals surface area contributed by atoms with Crippen LogP contribution in [0.5, 0.6) is 0 Å². The van der Waals surface area contributed by atoms with E-state index in [1.54, 1.807) is 0 Å². The molecule has 2 heteroatoms. The summed E-state index contributed by atoms with van der Waals surface area (Å²) in [6.45, 7) is 7.03. The molecule has 2 aliphatic rings. The van der Waals surface area contributed by atoms with Gasteiger partial charge in [0.25, 0.3) is 0 Å². The van der Waals surface area contributed by atoms with Gasteiger partial charge in [0.05, 0.1) is 0 Å². The fraction of sp³-hybridized carbons (Fsp3) is 0.727. The van der Waals surface area contributed by atoms with Gasteiger partial charge in [-0.2, -0.15) is 0 Å². The van der Waals surface area contributed by atoms with Crippen molar-refractivity contribution in [1.82, 2.24) is 4.90 Å². The lowest BCUT2D eigenvalue weighted by molar-refractivity contribution is -0.129. The molecule has 0 bridgehead atoms. The predicted octanol–water partition coefficient (Wildman–Crippen LogP) is 1.96. The second-order valence-electron chi connectivity index (χ2n) is 4.33. The van der Waals surface area contributed by atoms with Crippen molar-refractivity contribution < 1.29 is 4.79 Å². The van der Waals surface area contributed by atoms with Gasteiger partial charge in [-0.25, -0.2) is 0 Å². The van der Waals surface area contributed by atoms with Gasteiger partial charge >= 0.3 is 0 Å². The summed E-state index contributed by atoms with van der Waals surface area (Å²) >= 11 is 0. The molecule has 0 spiro atoms. The monoisotopic (exact) mass is 179 g/mol. The minimum atomic E-state index is 0.152. The first kappa shape index (κ1) is 8.79. The summed E-state index contributed by atoms with van der Waals surface area (Å²) in [6.07, 6.45) is 5.89. The molecule has 2 nitrogen and oxygen atoms in total. The molecule has 0 aromatic rings. The Bertz CT molecular complexity index is 248. The van der Waals surface area contributed by atoms with Gasteiger partial charge < -0.3 is 4.90 Å². The number of carbonyl (C=O) groups excluding carboxylic acids is 1. The maximum Gasteiger partial charge on any atom is 0.223 e. The minimum absolute atomic E-state index is 0.152. The molecule has 0 aromatic carbocycles. The maximum absolute atomic E-state index is 11.6. The lowest BCUT2D eigenvalue weighted by Crippen LogP contribution is -2.43. The molecule has 0 N–H and O–H groups in total. The standard InChI is InChI=1S/C11H17NO/c1-3-6-11-7-4-10(13)12(11)8-5-9(11)2/h3,9H,1,4-8H2,2H3. The zero-order chi connectivity index (χ0) is 9.47. The Balaban J connectivity index is 2.29. The van der Waals surface area contributed by atoms with Crippen LogP contribution >= 0.6 is 0 Å². The molecule has 72 valence electrons. The number of hydrogen-bond acceptors (Lipinski definition) is 1. The Morgan fingerprint density at radius 1 is 1.77 bits per heavy atom. The third-order valence-electron chi connectivity index (χ3n) is 3.81. The van der Waals surface area contributed by atoms with Gasteiger partial charge in [-0.15, -0.1) is 6.58 Å². The number of fused-ring (bicyclic) bond motifs is 1. The first-order chi connectivity index (χ1) is 6.20. The molecule has 0 aromatic heterocycles. The highest BCUT2D eigenvalue weighted by Gasteiger charge is 2.51. The Morgan fingerprint density at radius 3 is 3.23 bits per heavy atom. The van der Waals surface area contributed by atoms with Crippen LogP contribution in [0.25, 0.3) is 0 Å². The van der Waals surface area contributed by atoms with Crippen LogP contribution in [0.3, 0.4) is 0 Å². The molecule has 2 aliphatic heterocycles. The highest BCUT2D eigenvalue weighted by Crippen LogP contribution is 2.45. The van der Waals surface area contributed by atoms with Gasteiger partial charge in [0.15, 0.2) is 0 Å². The quantitative estimate of drug-likeness (QED) is 0.593. The third kappa shape index (κ3) is 1.04. The molecule has 2 atom stereocenters. The van der Waals surface area contributed by atoms with Crippen molar-refractivity contribution in [2.24, 2.45) is 5.92 Å². The fourth-order valence-corrected chi connectivity index (χ4v) is 2.96. The summed E-state index contributed by atoms with van der Waals surface area (Å²) in [5, 5.41) is 0. The molecule has 0 radical (unpaired) electrons. The number of carbonyl (C=O) groups is 1. The van der Waals surface area contributed by atoms with Crippen molar-refractivity contribution in [3.8, 4) is 0 Å². The lowest BCUT2D eigenvalue weighted by atomic mass is 9.82. The van der Waals surface area contributed by atoms with Gasteiger partial charge in [0.2, 0.25) is 5.91 Å². The lowest BCUT2D eigenvalue weighted by Gasteiger charge is -2.34. The Labute approximate surface area is 79.6 Å². The first-order valence-corrected chi connectivity index (χ1v) is 5.12. The van der Waals surface area contributed by atoms with Crippen molar-refractivity contribution in [2.45, 2.75) is 38.1 Å². The molecule has 2 unspecified atom stereocenters. The number of hydrogen-bond donors (Lipinski definition) is 0. The van der Waals surface area contributed by atoms with Crippen LogP contribution in [0.15, 0.2) is 12.7 Å². The molecular formula is C11H17NO. The van der Waals surface area contributed by atoms with Crippen LogP contribution in [0, 0.1) is 5.92 Å². The summed E-state index contributed by atoms with van der Waals surface area (Å²) in [5.74, 6) is 1.00. The number of rotatable bonds is 2. The van der Waals surface area contributed by atoms with Crippen molar-refractivity contribution in [3.63, 3.8) is 0 Å². The van der Waals surface area contributed by atoms with E-state index in [4.69, 9.17) is 0 Å². The van der Waals surface area contributed by atoms with E-state index < -0.39 is 0 Å². The maximum atomic E-state index is 11.6. The van der Waals surface area contributed by atoms with E-state index in [0.717, 1.165) is 25.8 Å². The Morgan fingerprint density at radius 2 is 2.54 bits per heavy atom. The number of amides is 1. The van der Waals surface area contributed by atoms with Crippen molar-refractivity contribution in [2.75, 3.05) is 6.54 Å². The Hall–Kier alpha value is -0.790. The fourth-order valence-electron chi connectivity index (χ4n) is 2.96. The number of nitrogens with zero attached hydrogens (tertiary/aromatic N) is 1. The van der Waals surface area contributed by atoms with Crippen LogP contribution in [0.4, 0.5) is 0 Å². The van der Waals surface area contributed by atoms with E-state index in [0.29, 0.717) is 11.8 Å². The topological polar surface area (TPSA) is 20.3 Å². The molecular weight excluding hydrogens is 162 g/mol. The molecule has 2 saturated heterocycles. The Kier molecular flexibility index (Phi) is 1.94. The first-order valence-electron chi connectivity index (χ1n) is 5.12. The van der Waals surface area contributed by atoms with Crippen LogP contribution in [-0.2, 0) is 4.79 Å². The summed E-state index contributed by atoms with van der Waals surface area (Å²) in [5.41, 5.74) is 0.152. The normalized spacial score (nSPS) is 38.1. The summed E-state index contributed by atoms with van der Waals surface area (Å²) in [7, 11) is 0. The van der Waals surface area contributed by atoms with Gasteiger partial charge in [-0.1, -0.05) is 13.0 Å². The highest BCUT2D eigenvalue weighted by atomic mass is 16.2. The zero-order valence-electron chi connectivity index (χ0n) is 8.25. The van der Waals surface area contributed by atoms with Crippen LogP contribution in [0.2, 0.25) is 0 Å². The van der Waals surface area contributed by atoms with Gasteiger partial charge in [-0.3, -0.25) is 4.79 Å².